The van der Waals surface area contributed by atoms with E-state index in [1.807, 2.05) is 13.1 Å². The molecule has 168 valence electrons. The summed E-state index contributed by atoms with van der Waals surface area (Å²) in [6.07, 6.45) is 3.29. The third-order valence-electron chi connectivity index (χ3n) is 4.68. The summed E-state index contributed by atoms with van der Waals surface area (Å²) in [5, 5.41) is 12.5. The highest BCUT2D eigenvalue weighted by atomic mass is 127. The molecule has 3 aromatic rings. The van der Waals surface area contributed by atoms with Crippen molar-refractivity contribution in [2.45, 2.75) is 24.7 Å². The molecule has 31 heavy (non-hydrogen) atoms. The van der Waals surface area contributed by atoms with Crippen LogP contribution in [0.3, 0.4) is 0 Å². The number of sulfonamides is 1. The Morgan fingerprint density at radius 2 is 1.87 bits per heavy atom. The highest BCUT2D eigenvalue weighted by Gasteiger charge is 2.07. The first-order chi connectivity index (χ1) is 14.4. The van der Waals surface area contributed by atoms with Crippen LogP contribution in [0.5, 0.6) is 0 Å². The van der Waals surface area contributed by atoms with Gasteiger partial charge in [0.1, 0.15) is 5.82 Å². The Balaban J connectivity index is 0.00000341. The van der Waals surface area contributed by atoms with Gasteiger partial charge in [0.2, 0.25) is 10.0 Å². The van der Waals surface area contributed by atoms with E-state index in [1.54, 1.807) is 18.2 Å². The van der Waals surface area contributed by atoms with Gasteiger partial charge >= 0.3 is 0 Å². The Hall–Kier alpha value is -2.18. The number of rotatable bonds is 8. The normalized spacial score (nSPS) is 11.9. The number of primary sulfonamides is 1. The number of H-pyrrole nitrogens is 1. The Labute approximate surface area is 198 Å². The average molecular weight is 559 g/mol. The molecular formula is C21H27FIN5O2S. The summed E-state index contributed by atoms with van der Waals surface area (Å²) in [5.74, 6) is 0.448. The number of hydrogen-bond donors (Lipinski definition) is 4. The molecule has 0 bridgehead atoms. The number of hydrogen-bond acceptors (Lipinski definition) is 3. The molecule has 7 nitrogen and oxygen atoms in total. The molecule has 0 saturated carbocycles. The van der Waals surface area contributed by atoms with Gasteiger partial charge in [-0.1, -0.05) is 12.1 Å². The lowest BCUT2D eigenvalue weighted by Gasteiger charge is -2.11. The maximum Gasteiger partial charge on any atom is 0.238 e. The minimum atomic E-state index is -3.67. The fraction of sp³-hybridized carbons (Fsp3) is 0.286. The summed E-state index contributed by atoms with van der Waals surface area (Å²) in [5.41, 5.74) is 2.93. The predicted octanol–water partition coefficient (Wildman–Crippen LogP) is 2.91. The van der Waals surface area contributed by atoms with Crippen LogP contribution < -0.4 is 15.8 Å². The van der Waals surface area contributed by atoms with Crippen molar-refractivity contribution in [3.63, 3.8) is 0 Å². The molecule has 1 aromatic heterocycles. The monoisotopic (exact) mass is 559 g/mol. The number of aromatic nitrogens is 1. The SMILES string of the molecule is CCNC(=NCCc1c[nH]c2ccc(F)cc12)NCCc1ccc(S(N)(=O)=O)cc1.I. The number of aromatic amines is 1. The molecule has 1 heterocycles. The van der Waals surface area contributed by atoms with Crippen molar-refractivity contribution in [1.29, 1.82) is 0 Å². The molecule has 0 aliphatic heterocycles. The van der Waals surface area contributed by atoms with Gasteiger partial charge in [0, 0.05) is 36.7 Å². The zero-order valence-electron chi connectivity index (χ0n) is 17.2. The summed E-state index contributed by atoms with van der Waals surface area (Å²) in [7, 11) is -3.67. The molecule has 0 saturated heterocycles. The molecular weight excluding hydrogens is 532 g/mol. The molecule has 0 unspecified atom stereocenters. The fourth-order valence-electron chi connectivity index (χ4n) is 3.16. The van der Waals surface area contributed by atoms with Crippen LogP contribution in [0.4, 0.5) is 4.39 Å². The zero-order chi connectivity index (χ0) is 21.6. The smallest absolute Gasteiger partial charge is 0.238 e. The molecule has 0 aliphatic rings. The minimum absolute atomic E-state index is 0. The third kappa shape index (κ3) is 7.18. The van der Waals surface area contributed by atoms with Gasteiger partial charge in [-0.15, -0.1) is 24.0 Å². The number of nitrogens with two attached hydrogens (primary N) is 1. The standard InChI is InChI=1S/C21H26FN5O2S.HI/c1-2-24-21(25-11-9-15-3-6-18(7-4-15)30(23,28)29)26-12-10-16-14-27-20-8-5-17(22)13-19(16)20;/h3-8,13-14,27H,2,9-12H2,1H3,(H2,23,28,29)(H2,24,25,26);1H. The summed E-state index contributed by atoms with van der Waals surface area (Å²) < 4.78 is 36.1. The number of halogens is 2. The first-order valence-corrected chi connectivity index (χ1v) is 11.3. The van der Waals surface area contributed by atoms with E-state index in [-0.39, 0.29) is 34.7 Å². The van der Waals surface area contributed by atoms with Gasteiger partial charge in [-0.05, 0) is 61.2 Å². The van der Waals surface area contributed by atoms with Crippen LogP contribution in [0.2, 0.25) is 0 Å². The highest BCUT2D eigenvalue weighted by molar-refractivity contribution is 14.0. The van der Waals surface area contributed by atoms with Crippen LogP contribution >= 0.6 is 24.0 Å². The summed E-state index contributed by atoms with van der Waals surface area (Å²) in [6, 6.07) is 11.2. The van der Waals surface area contributed by atoms with Crippen molar-refractivity contribution in [3.8, 4) is 0 Å². The minimum Gasteiger partial charge on any atom is -0.361 e. The lowest BCUT2D eigenvalue weighted by molar-refractivity contribution is 0.597. The first kappa shape index (κ1) is 25.1. The Bertz CT molecular complexity index is 1130. The molecule has 0 aliphatic carbocycles. The number of benzene rings is 2. The van der Waals surface area contributed by atoms with Crippen LogP contribution in [0.15, 0.2) is 58.5 Å². The van der Waals surface area contributed by atoms with Crippen molar-refractivity contribution in [1.82, 2.24) is 15.6 Å². The number of guanidine groups is 1. The lowest BCUT2D eigenvalue weighted by atomic mass is 10.1. The molecule has 10 heteroatoms. The van der Waals surface area contributed by atoms with Gasteiger partial charge in [-0.3, -0.25) is 4.99 Å². The van der Waals surface area contributed by atoms with Crippen LogP contribution in [0, 0.1) is 5.82 Å². The molecule has 0 amide bonds. The van der Waals surface area contributed by atoms with E-state index >= 15 is 0 Å². The lowest BCUT2D eigenvalue weighted by Crippen LogP contribution is -2.38. The van der Waals surface area contributed by atoms with E-state index in [0.29, 0.717) is 31.9 Å². The Kier molecular flexibility index (Phi) is 9.26. The van der Waals surface area contributed by atoms with E-state index in [2.05, 4.69) is 20.6 Å². The molecule has 0 spiro atoms. The van der Waals surface area contributed by atoms with Crippen molar-refractivity contribution >= 4 is 50.9 Å². The quantitative estimate of drug-likeness (QED) is 0.193. The van der Waals surface area contributed by atoms with E-state index in [0.717, 1.165) is 28.6 Å². The fourth-order valence-corrected chi connectivity index (χ4v) is 3.67. The Morgan fingerprint density at radius 1 is 1.13 bits per heavy atom. The van der Waals surface area contributed by atoms with Crippen molar-refractivity contribution < 1.29 is 12.8 Å². The predicted molar refractivity (Wildman–Crippen MR) is 133 cm³/mol. The van der Waals surface area contributed by atoms with E-state index in [1.165, 1.54) is 24.3 Å². The van der Waals surface area contributed by atoms with Gasteiger partial charge in [-0.25, -0.2) is 17.9 Å². The van der Waals surface area contributed by atoms with E-state index in [4.69, 9.17) is 5.14 Å². The molecule has 0 radical (unpaired) electrons. The highest BCUT2D eigenvalue weighted by Crippen LogP contribution is 2.19. The average Bonchev–Trinajstić information content (AvgIpc) is 3.10. The number of aliphatic imine (C=N–C) groups is 1. The number of nitrogens with one attached hydrogen (secondary N) is 3. The van der Waals surface area contributed by atoms with Gasteiger partial charge < -0.3 is 15.6 Å². The largest absolute Gasteiger partial charge is 0.361 e. The van der Waals surface area contributed by atoms with E-state index in [9.17, 15) is 12.8 Å². The third-order valence-corrected chi connectivity index (χ3v) is 5.61. The van der Waals surface area contributed by atoms with Gasteiger partial charge in [-0.2, -0.15) is 0 Å². The molecule has 0 fully saturated rings. The molecule has 3 rings (SSSR count). The van der Waals surface area contributed by atoms with Crippen molar-refractivity contribution in [3.05, 3.63) is 65.6 Å². The molecule has 5 N–H and O–H groups in total. The maximum absolute atomic E-state index is 13.5. The van der Waals surface area contributed by atoms with Gasteiger partial charge in [0.15, 0.2) is 5.96 Å². The molecule has 2 aromatic carbocycles. The number of fused-ring (bicyclic) bond motifs is 1. The summed E-state index contributed by atoms with van der Waals surface area (Å²) in [6.45, 7) is 3.92. The topological polar surface area (TPSA) is 112 Å². The second-order valence-electron chi connectivity index (χ2n) is 6.88. The maximum atomic E-state index is 13.5. The summed E-state index contributed by atoms with van der Waals surface area (Å²) in [4.78, 5) is 7.84. The van der Waals surface area contributed by atoms with Crippen LogP contribution in [-0.4, -0.2) is 39.0 Å². The Morgan fingerprint density at radius 3 is 2.55 bits per heavy atom. The van der Waals surface area contributed by atoms with Crippen molar-refractivity contribution in [2.24, 2.45) is 10.1 Å². The molecule has 0 atom stereocenters. The van der Waals surface area contributed by atoms with Crippen molar-refractivity contribution in [2.75, 3.05) is 19.6 Å². The van der Waals surface area contributed by atoms with Gasteiger partial charge in [0.25, 0.3) is 0 Å². The summed E-state index contributed by atoms with van der Waals surface area (Å²) >= 11 is 0. The first-order valence-electron chi connectivity index (χ1n) is 9.76. The zero-order valence-corrected chi connectivity index (χ0v) is 20.3. The number of nitrogens with zero attached hydrogens (tertiary/aromatic N) is 1. The van der Waals surface area contributed by atoms with Gasteiger partial charge in [0.05, 0.1) is 4.90 Å². The van der Waals surface area contributed by atoms with Crippen LogP contribution in [-0.2, 0) is 22.9 Å². The van der Waals surface area contributed by atoms with E-state index < -0.39 is 10.0 Å². The van der Waals surface area contributed by atoms with Crippen LogP contribution in [0.25, 0.3) is 10.9 Å². The second-order valence-corrected chi connectivity index (χ2v) is 8.44. The second kappa shape index (κ2) is 11.4. The van der Waals surface area contributed by atoms with Crippen LogP contribution in [0.1, 0.15) is 18.1 Å².